The number of ether oxygens (including phenoxy) is 2. The van der Waals surface area contributed by atoms with Crippen LogP contribution >= 0.6 is 0 Å². The van der Waals surface area contributed by atoms with Crippen LogP contribution in [0.2, 0.25) is 0 Å². The Hall–Kier alpha value is -2.71. The molecule has 2 atom stereocenters. The fourth-order valence-electron chi connectivity index (χ4n) is 4.54. The topological polar surface area (TPSA) is 83.2 Å². The molecule has 3 aromatic rings. The number of carbonyl (C=O) groups excluding carboxylic acids is 1. The molecule has 0 unspecified atom stereocenters. The molecule has 0 bridgehead atoms. The van der Waals surface area contributed by atoms with E-state index in [1.54, 1.807) is 13.3 Å². The van der Waals surface area contributed by atoms with Crippen LogP contribution in [0.5, 0.6) is 0 Å². The molecule has 3 heterocycles. The van der Waals surface area contributed by atoms with E-state index < -0.39 is 0 Å². The van der Waals surface area contributed by atoms with E-state index in [0.29, 0.717) is 32.2 Å². The van der Waals surface area contributed by atoms with Gasteiger partial charge in [-0.15, -0.1) is 0 Å². The van der Waals surface area contributed by atoms with Crippen molar-refractivity contribution < 1.29 is 14.3 Å². The first-order valence-corrected chi connectivity index (χ1v) is 11.1. The summed E-state index contributed by atoms with van der Waals surface area (Å²) in [5.41, 5.74) is 3.09. The van der Waals surface area contributed by atoms with Gasteiger partial charge in [0.25, 0.3) is 0 Å². The second kappa shape index (κ2) is 8.80. The van der Waals surface area contributed by atoms with Gasteiger partial charge < -0.3 is 19.4 Å². The van der Waals surface area contributed by atoms with Gasteiger partial charge in [-0.05, 0) is 43.9 Å². The van der Waals surface area contributed by atoms with Crippen LogP contribution in [0.1, 0.15) is 49.3 Å². The molecular formula is C23H29N5O3. The van der Waals surface area contributed by atoms with E-state index in [9.17, 15) is 4.79 Å². The molecule has 31 heavy (non-hydrogen) atoms. The normalized spacial score (nSPS) is 21.1. The fraction of sp³-hybridized carbons (Fsp3) is 0.522. The number of hydrogen-bond donors (Lipinski definition) is 1. The van der Waals surface area contributed by atoms with Crippen LogP contribution in [-0.2, 0) is 27.4 Å². The maximum absolute atomic E-state index is 13.1. The van der Waals surface area contributed by atoms with E-state index >= 15 is 0 Å². The summed E-state index contributed by atoms with van der Waals surface area (Å²) in [6, 6.07) is 10.6. The molecule has 1 aliphatic heterocycles. The standard InChI is InChI=1S/C23H29N5O3/c1-30-13-4-12-27-20(9-11-25-27)22-17(10-14-31-22)23(29)24-15-21-26-18-5-2-3-6-19(18)28(21)16-7-8-16/h2-3,5-6,9,11,16-17,22H,4,7-8,10,12-15H2,1H3,(H,24,29)/t17-,22-/m0/s1. The van der Waals surface area contributed by atoms with Crippen molar-refractivity contribution in [2.24, 2.45) is 5.92 Å². The van der Waals surface area contributed by atoms with E-state index in [1.165, 1.54) is 12.8 Å². The van der Waals surface area contributed by atoms with Gasteiger partial charge in [0.15, 0.2) is 0 Å². The number of methoxy groups -OCH3 is 1. The van der Waals surface area contributed by atoms with Crippen molar-refractivity contribution in [2.45, 2.75) is 50.9 Å². The molecule has 1 aromatic carbocycles. The number of carbonyl (C=O) groups is 1. The highest BCUT2D eigenvalue weighted by atomic mass is 16.5. The first kappa shape index (κ1) is 20.2. The summed E-state index contributed by atoms with van der Waals surface area (Å²) < 4.78 is 15.4. The minimum atomic E-state index is -0.271. The smallest absolute Gasteiger partial charge is 0.226 e. The molecule has 0 spiro atoms. The van der Waals surface area contributed by atoms with Crippen molar-refractivity contribution in [1.29, 1.82) is 0 Å². The van der Waals surface area contributed by atoms with Crippen molar-refractivity contribution >= 4 is 16.9 Å². The SMILES string of the molecule is COCCCn1nccc1[C@H]1OCC[C@@H]1C(=O)NCc1nc2ccccc2n1C1CC1. The lowest BCUT2D eigenvalue weighted by molar-refractivity contribution is -0.127. The Kier molecular flexibility index (Phi) is 5.74. The molecule has 1 aliphatic carbocycles. The van der Waals surface area contributed by atoms with E-state index in [1.807, 2.05) is 28.9 Å². The van der Waals surface area contributed by atoms with E-state index in [-0.39, 0.29) is 17.9 Å². The summed E-state index contributed by atoms with van der Waals surface area (Å²) in [5.74, 6) is 0.718. The maximum atomic E-state index is 13.1. The predicted molar refractivity (Wildman–Crippen MR) is 115 cm³/mol. The van der Waals surface area contributed by atoms with Gasteiger partial charge in [0.2, 0.25) is 5.91 Å². The maximum Gasteiger partial charge on any atom is 0.226 e. The Morgan fingerprint density at radius 1 is 1.26 bits per heavy atom. The van der Waals surface area contributed by atoms with Crippen molar-refractivity contribution in [3.63, 3.8) is 0 Å². The van der Waals surface area contributed by atoms with Crippen LogP contribution in [0.15, 0.2) is 36.5 Å². The molecule has 8 nitrogen and oxygen atoms in total. The van der Waals surface area contributed by atoms with E-state index in [0.717, 1.165) is 35.5 Å². The minimum Gasteiger partial charge on any atom is -0.385 e. The van der Waals surface area contributed by atoms with Gasteiger partial charge in [0, 0.05) is 39.1 Å². The average molecular weight is 424 g/mol. The highest BCUT2D eigenvalue weighted by molar-refractivity contribution is 5.80. The number of nitrogens with one attached hydrogen (secondary N) is 1. The Morgan fingerprint density at radius 2 is 2.13 bits per heavy atom. The zero-order chi connectivity index (χ0) is 21.2. The van der Waals surface area contributed by atoms with Crippen molar-refractivity contribution in [2.75, 3.05) is 20.3 Å². The molecule has 8 heteroatoms. The molecule has 1 saturated heterocycles. The van der Waals surface area contributed by atoms with Gasteiger partial charge >= 0.3 is 0 Å². The Bertz CT molecular complexity index is 1050. The van der Waals surface area contributed by atoms with Gasteiger partial charge in [-0.3, -0.25) is 9.48 Å². The predicted octanol–water partition coefficient (Wildman–Crippen LogP) is 3.00. The quantitative estimate of drug-likeness (QED) is 0.535. The van der Waals surface area contributed by atoms with Gasteiger partial charge in [-0.25, -0.2) is 4.98 Å². The monoisotopic (exact) mass is 423 g/mol. The zero-order valence-electron chi connectivity index (χ0n) is 17.9. The Labute approximate surface area is 181 Å². The number of rotatable bonds is 9. The molecule has 164 valence electrons. The highest BCUT2D eigenvalue weighted by Crippen LogP contribution is 2.39. The zero-order valence-corrected chi connectivity index (χ0v) is 17.9. The van der Waals surface area contributed by atoms with Crippen molar-refractivity contribution in [3.05, 3.63) is 48.0 Å². The number of amides is 1. The molecular weight excluding hydrogens is 394 g/mol. The molecule has 1 N–H and O–H groups in total. The van der Waals surface area contributed by atoms with Crippen molar-refractivity contribution in [1.82, 2.24) is 24.6 Å². The number of para-hydroxylation sites is 2. The molecule has 5 rings (SSSR count). The molecule has 1 amide bonds. The van der Waals surface area contributed by atoms with Crippen LogP contribution in [0.4, 0.5) is 0 Å². The number of nitrogens with zero attached hydrogens (tertiary/aromatic N) is 4. The van der Waals surface area contributed by atoms with E-state index in [4.69, 9.17) is 14.5 Å². The van der Waals surface area contributed by atoms with Gasteiger partial charge in [-0.1, -0.05) is 12.1 Å². The third-order valence-corrected chi connectivity index (χ3v) is 6.19. The Morgan fingerprint density at radius 3 is 2.97 bits per heavy atom. The second-order valence-corrected chi connectivity index (χ2v) is 8.35. The number of fused-ring (bicyclic) bond motifs is 1. The average Bonchev–Trinajstić information content (AvgIpc) is 3.18. The van der Waals surface area contributed by atoms with Crippen LogP contribution < -0.4 is 5.32 Å². The molecule has 2 aromatic heterocycles. The van der Waals surface area contributed by atoms with Gasteiger partial charge in [0.05, 0.1) is 29.2 Å². The number of aromatic nitrogens is 4. The summed E-state index contributed by atoms with van der Waals surface area (Å²) in [6.07, 6.45) is 5.42. The van der Waals surface area contributed by atoms with E-state index in [2.05, 4.69) is 21.0 Å². The van der Waals surface area contributed by atoms with Crippen LogP contribution in [0.25, 0.3) is 11.0 Å². The van der Waals surface area contributed by atoms with Crippen LogP contribution in [0, 0.1) is 5.92 Å². The molecule has 1 saturated carbocycles. The summed E-state index contributed by atoms with van der Waals surface area (Å²) in [7, 11) is 1.70. The second-order valence-electron chi connectivity index (χ2n) is 8.35. The lowest BCUT2D eigenvalue weighted by Crippen LogP contribution is -2.33. The third-order valence-electron chi connectivity index (χ3n) is 6.19. The number of aryl methyl sites for hydroxylation is 1. The number of hydrogen-bond acceptors (Lipinski definition) is 5. The summed E-state index contributed by atoms with van der Waals surface area (Å²) in [6.45, 7) is 2.43. The van der Waals surface area contributed by atoms with Crippen LogP contribution in [-0.4, -0.2) is 45.6 Å². The number of benzene rings is 1. The lowest BCUT2D eigenvalue weighted by Gasteiger charge is -2.19. The summed E-state index contributed by atoms with van der Waals surface area (Å²) >= 11 is 0. The largest absolute Gasteiger partial charge is 0.385 e. The van der Waals surface area contributed by atoms with Gasteiger partial charge in [-0.2, -0.15) is 5.10 Å². The van der Waals surface area contributed by atoms with Gasteiger partial charge in [0.1, 0.15) is 11.9 Å². The lowest BCUT2D eigenvalue weighted by atomic mass is 9.98. The highest BCUT2D eigenvalue weighted by Gasteiger charge is 2.37. The summed E-state index contributed by atoms with van der Waals surface area (Å²) in [5, 5.41) is 7.55. The third kappa shape index (κ3) is 4.09. The molecule has 2 aliphatic rings. The first-order valence-electron chi connectivity index (χ1n) is 11.1. The van der Waals surface area contributed by atoms with Crippen LogP contribution in [0.3, 0.4) is 0 Å². The van der Waals surface area contributed by atoms with Crippen molar-refractivity contribution in [3.8, 4) is 0 Å². The Balaban J connectivity index is 1.28. The fourth-order valence-corrected chi connectivity index (χ4v) is 4.54. The molecule has 0 radical (unpaired) electrons. The number of imidazole rings is 1. The first-order chi connectivity index (χ1) is 15.3. The molecule has 2 fully saturated rings. The minimum absolute atomic E-state index is 0.0153. The summed E-state index contributed by atoms with van der Waals surface area (Å²) in [4.78, 5) is 17.9.